The van der Waals surface area contributed by atoms with E-state index in [9.17, 15) is 14.0 Å². The second kappa shape index (κ2) is 5.48. The van der Waals surface area contributed by atoms with Gasteiger partial charge in [0.25, 0.3) is 0 Å². The summed E-state index contributed by atoms with van der Waals surface area (Å²) in [6, 6.07) is 5.46. The van der Waals surface area contributed by atoms with Gasteiger partial charge >= 0.3 is 6.03 Å². The minimum absolute atomic E-state index is 0.000284. The Morgan fingerprint density at radius 3 is 2.94 bits per heavy atom. The average Bonchev–Trinajstić information content (AvgIpc) is 2.57. The van der Waals surface area contributed by atoms with E-state index in [4.69, 9.17) is 0 Å². The van der Waals surface area contributed by atoms with Crippen LogP contribution >= 0.6 is 0 Å². The van der Waals surface area contributed by atoms with Gasteiger partial charge in [0.15, 0.2) is 0 Å². The van der Waals surface area contributed by atoms with E-state index < -0.39 is 11.8 Å². The van der Waals surface area contributed by atoms with Crippen LogP contribution in [-0.2, 0) is 4.79 Å². The summed E-state index contributed by atoms with van der Waals surface area (Å²) >= 11 is 0. The molecule has 0 aliphatic carbocycles. The third kappa shape index (κ3) is 2.97. The highest BCUT2D eigenvalue weighted by molar-refractivity contribution is 5.92. The van der Waals surface area contributed by atoms with Gasteiger partial charge in [-0.3, -0.25) is 4.79 Å². The molecule has 0 radical (unpaired) electrons. The number of para-hydroxylation sites is 1. The van der Waals surface area contributed by atoms with E-state index in [1.54, 1.807) is 12.1 Å². The smallest absolute Gasteiger partial charge is 0.322 e. The molecule has 0 bridgehead atoms. The molecular weight excluding hydrogens is 237 g/mol. The van der Waals surface area contributed by atoms with Gasteiger partial charge in [-0.2, -0.15) is 0 Å². The fraction of sp³-hybridized carbons (Fsp3) is 0.333. The van der Waals surface area contributed by atoms with E-state index in [2.05, 4.69) is 10.6 Å². The number of carbonyl (C=O) groups excluding carboxylic acids is 2. The number of rotatable bonds is 1. The molecule has 0 aromatic heterocycles. The summed E-state index contributed by atoms with van der Waals surface area (Å²) in [6.07, 6.45) is 0.691. The van der Waals surface area contributed by atoms with E-state index in [1.807, 2.05) is 0 Å². The number of hydrogen-bond acceptors (Lipinski definition) is 2. The largest absolute Gasteiger partial charge is 0.354 e. The molecule has 1 saturated heterocycles. The number of urea groups is 1. The Balaban J connectivity index is 2.03. The van der Waals surface area contributed by atoms with Crippen molar-refractivity contribution in [3.63, 3.8) is 0 Å². The maximum absolute atomic E-state index is 13.4. The molecule has 5 nitrogen and oxygen atoms in total. The van der Waals surface area contributed by atoms with E-state index in [0.29, 0.717) is 19.5 Å². The highest BCUT2D eigenvalue weighted by Gasteiger charge is 2.20. The van der Waals surface area contributed by atoms with Crippen molar-refractivity contribution in [2.75, 3.05) is 25.0 Å². The third-order valence-corrected chi connectivity index (χ3v) is 2.66. The summed E-state index contributed by atoms with van der Waals surface area (Å²) in [7, 11) is 0. The molecular formula is C12H14FN3O2. The maximum Gasteiger partial charge on any atom is 0.322 e. The topological polar surface area (TPSA) is 61.4 Å². The fourth-order valence-corrected chi connectivity index (χ4v) is 1.74. The number of carbonyl (C=O) groups is 2. The zero-order valence-electron chi connectivity index (χ0n) is 9.78. The fourth-order valence-electron chi connectivity index (χ4n) is 1.74. The van der Waals surface area contributed by atoms with E-state index >= 15 is 0 Å². The summed E-state index contributed by atoms with van der Waals surface area (Å²) in [5, 5.41) is 5.13. The summed E-state index contributed by atoms with van der Waals surface area (Å²) in [5.41, 5.74) is 0.118. The molecule has 1 fully saturated rings. The van der Waals surface area contributed by atoms with Gasteiger partial charge < -0.3 is 15.5 Å². The lowest BCUT2D eigenvalue weighted by atomic mass is 10.3. The van der Waals surface area contributed by atoms with Crippen LogP contribution in [0.5, 0.6) is 0 Å². The molecule has 3 amide bonds. The molecule has 0 spiro atoms. The van der Waals surface area contributed by atoms with E-state index in [0.717, 1.165) is 0 Å². The highest BCUT2D eigenvalue weighted by Crippen LogP contribution is 2.13. The SMILES string of the molecule is O=C1CN(C(=O)Nc2ccccc2F)CCCN1. The Bertz CT molecular complexity index is 464. The summed E-state index contributed by atoms with van der Waals surface area (Å²) < 4.78 is 13.4. The van der Waals surface area contributed by atoms with Gasteiger partial charge in [0, 0.05) is 13.1 Å². The molecule has 0 saturated carbocycles. The van der Waals surface area contributed by atoms with Crippen molar-refractivity contribution < 1.29 is 14.0 Å². The summed E-state index contributed by atoms with van der Waals surface area (Å²) in [5.74, 6) is -0.693. The number of amides is 3. The third-order valence-electron chi connectivity index (χ3n) is 2.66. The molecule has 1 heterocycles. The van der Waals surface area contributed by atoms with Crippen LogP contribution in [0.25, 0.3) is 0 Å². The predicted molar refractivity (Wildman–Crippen MR) is 64.6 cm³/mol. The maximum atomic E-state index is 13.4. The first-order valence-corrected chi connectivity index (χ1v) is 5.74. The lowest BCUT2D eigenvalue weighted by molar-refractivity contribution is -0.120. The molecule has 18 heavy (non-hydrogen) atoms. The van der Waals surface area contributed by atoms with Gasteiger partial charge in [-0.05, 0) is 18.6 Å². The Morgan fingerprint density at radius 1 is 1.39 bits per heavy atom. The van der Waals surface area contributed by atoms with Gasteiger partial charge in [-0.1, -0.05) is 12.1 Å². The van der Waals surface area contributed by atoms with Crippen LogP contribution < -0.4 is 10.6 Å². The van der Waals surface area contributed by atoms with Gasteiger partial charge in [0.05, 0.1) is 5.69 Å². The van der Waals surface area contributed by atoms with Crippen LogP contribution in [0.15, 0.2) is 24.3 Å². The zero-order chi connectivity index (χ0) is 13.0. The Labute approximate surface area is 104 Å². The molecule has 0 unspecified atom stereocenters. The molecule has 1 aromatic carbocycles. The Morgan fingerprint density at radius 2 is 2.17 bits per heavy atom. The van der Waals surface area contributed by atoms with E-state index in [-0.39, 0.29) is 18.1 Å². The zero-order valence-corrected chi connectivity index (χ0v) is 9.78. The number of hydrogen-bond donors (Lipinski definition) is 2. The van der Waals surface area contributed by atoms with Crippen molar-refractivity contribution in [1.29, 1.82) is 0 Å². The first-order valence-electron chi connectivity index (χ1n) is 5.74. The first-order chi connectivity index (χ1) is 8.66. The normalized spacial score (nSPS) is 15.8. The van der Waals surface area contributed by atoms with Crippen molar-refractivity contribution in [2.45, 2.75) is 6.42 Å². The Kier molecular flexibility index (Phi) is 3.76. The lowest BCUT2D eigenvalue weighted by Gasteiger charge is -2.19. The molecule has 2 rings (SSSR count). The molecule has 6 heteroatoms. The van der Waals surface area contributed by atoms with Crippen LogP contribution in [0.2, 0.25) is 0 Å². The van der Waals surface area contributed by atoms with Crippen molar-refractivity contribution in [2.24, 2.45) is 0 Å². The van der Waals surface area contributed by atoms with Gasteiger partial charge in [-0.25, -0.2) is 9.18 Å². The Hall–Kier alpha value is -2.11. The molecule has 96 valence electrons. The van der Waals surface area contributed by atoms with Crippen molar-refractivity contribution in [3.05, 3.63) is 30.1 Å². The predicted octanol–water partition coefficient (Wildman–Crippen LogP) is 1.18. The summed E-state index contributed by atoms with van der Waals surface area (Å²) in [4.78, 5) is 24.6. The first kappa shape index (κ1) is 12.3. The second-order valence-electron chi connectivity index (χ2n) is 4.04. The van der Waals surface area contributed by atoms with Crippen LogP contribution in [0.3, 0.4) is 0 Å². The number of halogens is 1. The van der Waals surface area contributed by atoms with Crippen LogP contribution in [-0.4, -0.2) is 36.5 Å². The van der Waals surface area contributed by atoms with Crippen LogP contribution in [0.1, 0.15) is 6.42 Å². The van der Waals surface area contributed by atoms with Crippen molar-refractivity contribution in [3.8, 4) is 0 Å². The van der Waals surface area contributed by atoms with Crippen molar-refractivity contribution in [1.82, 2.24) is 10.2 Å². The highest BCUT2D eigenvalue weighted by atomic mass is 19.1. The minimum atomic E-state index is -0.495. The standard InChI is InChI=1S/C12H14FN3O2/c13-9-4-1-2-5-10(9)15-12(18)16-7-3-6-14-11(17)8-16/h1-2,4-5H,3,6-8H2,(H,14,17)(H,15,18). The molecule has 1 aliphatic rings. The van der Waals surface area contributed by atoms with Gasteiger partial charge in [0.2, 0.25) is 5.91 Å². The lowest BCUT2D eigenvalue weighted by Crippen LogP contribution is -2.40. The van der Waals surface area contributed by atoms with E-state index in [1.165, 1.54) is 17.0 Å². The number of nitrogens with zero attached hydrogens (tertiary/aromatic N) is 1. The average molecular weight is 251 g/mol. The molecule has 2 N–H and O–H groups in total. The number of nitrogens with one attached hydrogen (secondary N) is 2. The second-order valence-corrected chi connectivity index (χ2v) is 4.04. The number of anilines is 1. The molecule has 1 aliphatic heterocycles. The minimum Gasteiger partial charge on any atom is -0.354 e. The van der Waals surface area contributed by atoms with Crippen LogP contribution in [0.4, 0.5) is 14.9 Å². The van der Waals surface area contributed by atoms with Crippen molar-refractivity contribution >= 4 is 17.6 Å². The monoisotopic (exact) mass is 251 g/mol. The molecule has 1 aromatic rings. The quantitative estimate of drug-likeness (QED) is 0.787. The van der Waals surface area contributed by atoms with Gasteiger partial charge in [0.1, 0.15) is 12.4 Å². The summed E-state index contributed by atoms with van der Waals surface area (Å²) in [6.45, 7) is 1.03. The van der Waals surface area contributed by atoms with Crippen LogP contribution in [0, 0.1) is 5.82 Å². The number of benzene rings is 1. The molecule has 0 atom stereocenters. The van der Waals surface area contributed by atoms with Gasteiger partial charge in [-0.15, -0.1) is 0 Å².